The minimum atomic E-state index is -3.19. The number of hydrogen-bond donors (Lipinski definition) is 2. The maximum absolute atomic E-state index is 11.3. The zero-order chi connectivity index (χ0) is 14.3. The topological polar surface area (TPSA) is 66.4 Å². The van der Waals surface area contributed by atoms with Crippen molar-refractivity contribution in [3.8, 4) is 12.3 Å². The SMILES string of the molecule is C#CCCCNCC(O)c1ccc(S(C)(=O)=O)cc1. The molecular formula is C14H19NO3S. The van der Waals surface area contributed by atoms with Crippen LogP contribution < -0.4 is 5.32 Å². The molecule has 1 aromatic rings. The van der Waals surface area contributed by atoms with Gasteiger partial charge in [-0.05, 0) is 30.7 Å². The van der Waals surface area contributed by atoms with Crippen molar-refractivity contribution in [3.63, 3.8) is 0 Å². The zero-order valence-corrected chi connectivity index (χ0v) is 11.8. The van der Waals surface area contributed by atoms with Crippen LogP contribution in [0.1, 0.15) is 24.5 Å². The van der Waals surface area contributed by atoms with Crippen molar-refractivity contribution < 1.29 is 13.5 Å². The maximum atomic E-state index is 11.3. The third-order valence-electron chi connectivity index (χ3n) is 2.71. The Morgan fingerprint density at radius 2 is 2.00 bits per heavy atom. The summed E-state index contributed by atoms with van der Waals surface area (Å²) >= 11 is 0. The normalized spacial score (nSPS) is 12.9. The van der Waals surface area contributed by atoms with Gasteiger partial charge in [-0.15, -0.1) is 12.3 Å². The molecule has 0 aliphatic carbocycles. The number of terminal acetylenes is 1. The van der Waals surface area contributed by atoms with Gasteiger partial charge in [-0.25, -0.2) is 8.42 Å². The largest absolute Gasteiger partial charge is 0.387 e. The number of unbranched alkanes of at least 4 members (excludes halogenated alkanes) is 1. The van der Waals surface area contributed by atoms with Crippen molar-refractivity contribution in [2.45, 2.75) is 23.8 Å². The summed E-state index contributed by atoms with van der Waals surface area (Å²) in [7, 11) is -3.19. The molecule has 0 aliphatic rings. The lowest BCUT2D eigenvalue weighted by Gasteiger charge is -2.12. The number of benzene rings is 1. The van der Waals surface area contributed by atoms with E-state index in [1.807, 2.05) is 0 Å². The zero-order valence-electron chi connectivity index (χ0n) is 11.0. The Kier molecular flexibility index (Phi) is 6.03. The van der Waals surface area contributed by atoms with E-state index in [1.54, 1.807) is 12.1 Å². The average Bonchev–Trinajstić information content (AvgIpc) is 2.37. The predicted molar refractivity (Wildman–Crippen MR) is 75.4 cm³/mol. The van der Waals surface area contributed by atoms with Gasteiger partial charge >= 0.3 is 0 Å². The monoisotopic (exact) mass is 281 g/mol. The highest BCUT2D eigenvalue weighted by Crippen LogP contribution is 2.15. The summed E-state index contributed by atoms with van der Waals surface area (Å²) in [6.07, 6.45) is 7.23. The molecule has 0 aliphatic heterocycles. The van der Waals surface area contributed by atoms with Gasteiger partial charge in [0.25, 0.3) is 0 Å². The molecule has 0 aromatic heterocycles. The third kappa shape index (κ3) is 5.43. The van der Waals surface area contributed by atoms with Crippen LogP contribution >= 0.6 is 0 Å². The van der Waals surface area contributed by atoms with Crippen LogP contribution in [0.5, 0.6) is 0 Å². The Labute approximate surface area is 114 Å². The highest BCUT2D eigenvalue weighted by molar-refractivity contribution is 7.90. The van der Waals surface area contributed by atoms with Crippen LogP contribution in [0, 0.1) is 12.3 Å². The van der Waals surface area contributed by atoms with E-state index in [1.165, 1.54) is 12.1 Å². The first-order valence-electron chi connectivity index (χ1n) is 6.07. The molecule has 0 fully saturated rings. The second-order valence-electron chi connectivity index (χ2n) is 4.37. The fourth-order valence-corrected chi connectivity index (χ4v) is 2.24. The van der Waals surface area contributed by atoms with E-state index >= 15 is 0 Å². The molecular weight excluding hydrogens is 262 g/mol. The molecule has 0 bridgehead atoms. The molecule has 19 heavy (non-hydrogen) atoms. The van der Waals surface area contributed by atoms with Crippen molar-refractivity contribution in [1.29, 1.82) is 0 Å². The lowest BCUT2D eigenvalue weighted by atomic mass is 10.1. The van der Waals surface area contributed by atoms with Crippen molar-refractivity contribution in [2.24, 2.45) is 0 Å². The van der Waals surface area contributed by atoms with Gasteiger partial charge in [0.15, 0.2) is 9.84 Å². The summed E-state index contributed by atoms with van der Waals surface area (Å²) in [4.78, 5) is 0.255. The van der Waals surface area contributed by atoms with Crippen LogP contribution in [0.2, 0.25) is 0 Å². The molecule has 4 nitrogen and oxygen atoms in total. The molecule has 1 atom stereocenters. The molecule has 0 spiro atoms. The second kappa shape index (κ2) is 7.29. The molecule has 0 amide bonds. The minimum Gasteiger partial charge on any atom is -0.387 e. The Hall–Kier alpha value is -1.35. The smallest absolute Gasteiger partial charge is 0.175 e. The number of hydrogen-bond acceptors (Lipinski definition) is 4. The first kappa shape index (κ1) is 15.7. The molecule has 0 radical (unpaired) electrons. The first-order chi connectivity index (χ1) is 8.95. The van der Waals surface area contributed by atoms with Crippen LogP contribution in [0.15, 0.2) is 29.2 Å². The molecule has 1 aromatic carbocycles. The number of sulfone groups is 1. The molecule has 0 saturated carbocycles. The Balaban J connectivity index is 2.50. The molecule has 2 N–H and O–H groups in total. The van der Waals surface area contributed by atoms with Gasteiger partial charge in [-0.3, -0.25) is 0 Å². The summed E-state index contributed by atoms with van der Waals surface area (Å²) in [5, 5.41) is 13.0. The summed E-state index contributed by atoms with van der Waals surface area (Å²) < 4.78 is 22.6. The van der Waals surface area contributed by atoms with Gasteiger partial charge in [0.2, 0.25) is 0 Å². The van der Waals surface area contributed by atoms with E-state index in [0.717, 1.165) is 19.2 Å². The van der Waals surface area contributed by atoms with E-state index < -0.39 is 15.9 Å². The summed E-state index contributed by atoms with van der Waals surface area (Å²) in [6.45, 7) is 1.17. The average molecular weight is 281 g/mol. The predicted octanol–water partition coefficient (Wildman–Crippen LogP) is 1.13. The first-order valence-corrected chi connectivity index (χ1v) is 7.96. The summed E-state index contributed by atoms with van der Waals surface area (Å²) in [5.41, 5.74) is 0.692. The van der Waals surface area contributed by atoms with Crippen LogP contribution in [0.3, 0.4) is 0 Å². The van der Waals surface area contributed by atoms with E-state index in [4.69, 9.17) is 6.42 Å². The van der Waals surface area contributed by atoms with E-state index in [9.17, 15) is 13.5 Å². The van der Waals surface area contributed by atoms with Gasteiger partial charge in [0.1, 0.15) is 0 Å². The molecule has 1 rings (SSSR count). The highest BCUT2D eigenvalue weighted by Gasteiger charge is 2.10. The Morgan fingerprint density at radius 3 is 2.53 bits per heavy atom. The molecule has 1 unspecified atom stereocenters. The lowest BCUT2D eigenvalue weighted by molar-refractivity contribution is 0.175. The van der Waals surface area contributed by atoms with Gasteiger partial charge in [-0.2, -0.15) is 0 Å². The van der Waals surface area contributed by atoms with Crippen molar-refractivity contribution >= 4 is 9.84 Å². The summed E-state index contributed by atoms with van der Waals surface area (Å²) in [5.74, 6) is 2.55. The van der Waals surface area contributed by atoms with Gasteiger partial charge in [0, 0.05) is 19.2 Å². The Bertz CT molecular complexity index is 529. The third-order valence-corrected chi connectivity index (χ3v) is 3.83. The van der Waals surface area contributed by atoms with E-state index in [2.05, 4.69) is 11.2 Å². The van der Waals surface area contributed by atoms with Crippen LogP contribution in [0.4, 0.5) is 0 Å². The quantitative estimate of drug-likeness (QED) is 0.581. The van der Waals surface area contributed by atoms with Crippen LogP contribution in [0.25, 0.3) is 0 Å². The molecule has 5 heteroatoms. The number of aliphatic hydroxyl groups is 1. The second-order valence-corrected chi connectivity index (χ2v) is 6.38. The highest BCUT2D eigenvalue weighted by atomic mass is 32.2. The maximum Gasteiger partial charge on any atom is 0.175 e. The van der Waals surface area contributed by atoms with E-state index in [-0.39, 0.29) is 4.90 Å². The van der Waals surface area contributed by atoms with Crippen molar-refractivity contribution in [1.82, 2.24) is 5.32 Å². The van der Waals surface area contributed by atoms with Gasteiger partial charge < -0.3 is 10.4 Å². The van der Waals surface area contributed by atoms with Crippen LogP contribution in [-0.4, -0.2) is 32.9 Å². The van der Waals surface area contributed by atoms with Gasteiger partial charge in [0.05, 0.1) is 11.0 Å². The number of aliphatic hydroxyl groups excluding tert-OH is 1. The number of rotatable bonds is 7. The lowest BCUT2D eigenvalue weighted by Crippen LogP contribution is -2.22. The fourth-order valence-electron chi connectivity index (χ4n) is 1.61. The Morgan fingerprint density at radius 1 is 1.37 bits per heavy atom. The molecule has 104 valence electrons. The summed E-state index contributed by atoms with van der Waals surface area (Å²) in [6, 6.07) is 6.27. The van der Waals surface area contributed by atoms with Crippen molar-refractivity contribution in [3.05, 3.63) is 29.8 Å². The number of nitrogens with one attached hydrogen (secondary N) is 1. The standard InChI is InChI=1S/C14H19NO3S/c1-3-4-5-10-15-11-14(16)12-6-8-13(9-7-12)19(2,17)18/h1,6-9,14-16H,4-5,10-11H2,2H3. The van der Waals surface area contributed by atoms with Crippen molar-refractivity contribution in [2.75, 3.05) is 19.3 Å². The molecule has 0 heterocycles. The minimum absolute atomic E-state index is 0.255. The van der Waals surface area contributed by atoms with E-state index in [0.29, 0.717) is 18.5 Å². The van der Waals surface area contributed by atoms with Crippen LogP contribution in [-0.2, 0) is 9.84 Å². The van der Waals surface area contributed by atoms with Gasteiger partial charge in [-0.1, -0.05) is 12.1 Å². The molecule has 0 saturated heterocycles. The fraction of sp³-hybridized carbons (Fsp3) is 0.429.